The van der Waals surface area contributed by atoms with Crippen LogP contribution in [0.4, 0.5) is 17.1 Å². The smallest absolute Gasteiger partial charge is 0.362 e. The Labute approximate surface area is 386 Å². The van der Waals surface area contributed by atoms with E-state index in [1.165, 1.54) is 41.3 Å². The number of ketones is 1. The summed E-state index contributed by atoms with van der Waals surface area (Å²) in [7, 11) is 1.78. The number of halogens is 1. The molecule has 348 valence electrons. The third-order valence-electron chi connectivity index (χ3n) is 11.5. The lowest BCUT2D eigenvalue weighted by atomic mass is 9.74. The minimum Gasteiger partial charge on any atom is -0.419 e. The van der Waals surface area contributed by atoms with E-state index in [1.54, 1.807) is 7.05 Å². The fourth-order valence-corrected chi connectivity index (χ4v) is 8.24. The first-order valence-electron chi connectivity index (χ1n) is 20.8. The Hall–Kier alpha value is -7.71. The number of Topliss-reactive ketones (excluding diaryl/α,β-unsaturated/α-hetero) is 1. The van der Waals surface area contributed by atoms with E-state index < -0.39 is 38.6 Å². The highest BCUT2D eigenvalue weighted by molar-refractivity contribution is 6.33. The van der Waals surface area contributed by atoms with E-state index in [1.807, 2.05) is 25.7 Å². The maximum atomic E-state index is 13.6. The van der Waals surface area contributed by atoms with Gasteiger partial charge in [-0.2, -0.15) is 0 Å². The van der Waals surface area contributed by atoms with Gasteiger partial charge in [-0.15, -0.1) is 0 Å². The second kappa shape index (κ2) is 20.6. The Bertz CT molecular complexity index is 2700. The maximum Gasteiger partial charge on any atom is 0.362 e. The molecule has 0 aromatic heterocycles. The number of rotatable bonds is 19. The highest BCUT2D eigenvalue weighted by atomic mass is 35.5. The van der Waals surface area contributed by atoms with Gasteiger partial charge in [-0.1, -0.05) is 38.4 Å². The van der Waals surface area contributed by atoms with Crippen LogP contribution in [0.5, 0.6) is 11.5 Å². The van der Waals surface area contributed by atoms with Crippen molar-refractivity contribution in [3.63, 3.8) is 0 Å². The van der Waals surface area contributed by atoms with E-state index in [2.05, 4.69) is 0 Å². The van der Waals surface area contributed by atoms with E-state index in [4.69, 9.17) is 25.8 Å². The van der Waals surface area contributed by atoms with Crippen LogP contribution in [-0.4, -0.2) is 86.3 Å². The van der Waals surface area contributed by atoms with E-state index in [0.717, 1.165) is 48.5 Å². The number of esters is 4. The number of ether oxygens (including phenoxy) is 3. The minimum absolute atomic E-state index is 0.00257. The summed E-state index contributed by atoms with van der Waals surface area (Å²) in [5.41, 5.74) is -0.155. The number of benzene rings is 4. The first kappa shape index (κ1) is 48.7. The van der Waals surface area contributed by atoms with Gasteiger partial charge in [0.1, 0.15) is 11.5 Å². The van der Waals surface area contributed by atoms with Crippen LogP contribution < -0.4 is 9.47 Å². The molecule has 0 bridgehead atoms. The molecule has 6 rings (SSSR count). The molecule has 1 amide bonds. The van der Waals surface area contributed by atoms with E-state index >= 15 is 0 Å². The average Bonchev–Trinajstić information content (AvgIpc) is 3.53. The number of amides is 1. The average molecular weight is 940 g/mol. The van der Waals surface area contributed by atoms with Crippen LogP contribution >= 0.6 is 11.6 Å². The number of likely N-dealkylation sites (N-methyl/N-ethyl adjacent to an activating group) is 1. The molecule has 21 heteroatoms. The molecule has 2 heterocycles. The third kappa shape index (κ3) is 10.9. The number of nitro groups is 3. The Kier molecular flexibility index (Phi) is 15.0. The molecule has 4 aromatic carbocycles. The van der Waals surface area contributed by atoms with Crippen molar-refractivity contribution < 1.29 is 57.7 Å². The summed E-state index contributed by atoms with van der Waals surface area (Å²) in [6, 6.07) is 16.1. The van der Waals surface area contributed by atoms with Crippen LogP contribution in [-0.2, 0) is 25.5 Å². The van der Waals surface area contributed by atoms with E-state index in [9.17, 15) is 59.1 Å². The molecular formula is C46H42ClN5O15. The lowest BCUT2D eigenvalue weighted by molar-refractivity contribution is -0.385. The van der Waals surface area contributed by atoms with E-state index in [0.29, 0.717) is 24.1 Å². The van der Waals surface area contributed by atoms with Crippen molar-refractivity contribution >= 4 is 64.2 Å². The molecule has 0 unspecified atom stereocenters. The van der Waals surface area contributed by atoms with Gasteiger partial charge in [0.25, 0.3) is 17.1 Å². The normalized spacial score (nSPS) is 16.3. The van der Waals surface area contributed by atoms with Crippen molar-refractivity contribution in [3.05, 3.63) is 154 Å². The molecule has 20 nitrogen and oxygen atoms in total. The van der Waals surface area contributed by atoms with Crippen molar-refractivity contribution in [2.75, 3.05) is 20.1 Å². The topological polar surface area (TPSA) is 266 Å². The molecule has 2 aliphatic heterocycles. The number of hydrogen-bond acceptors (Lipinski definition) is 16. The first-order chi connectivity index (χ1) is 31.8. The van der Waals surface area contributed by atoms with Crippen LogP contribution in [0.3, 0.4) is 0 Å². The molecule has 0 aliphatic carbocycles. The maximum absolute atomic E-state index is 13.6. The van der Waals surface area contributed by atoms with Crippen LogP contribution in [0.1, 0.15) is 76.7 Å². The zero-order valence-electron chi connectivity index (χ0n) is 36.4. The number of nitrogens with zero attached hydrogens (tertiary/aromatic N) is 5. The molecule has 1 fully saturated rings. The van der Waals surface area contributed by atoms with Gasteiger partial charge in [-0.05, 0) is 86.0 Å². The molecular weight excluding hydrogens is 898 g/mol. The summed E-state index contributed by atoms with van der Waals surface area (Å²) in [6.07, 6.45) is 0.588. The van der Waals surface area contributed by atoms with E-state index in [-0.39, 0.29) is 117 Å². The molecule has 2 aliphatic rings. The monoisotopic (exact) mass is 939 g/mol. The predicted molar refractivity (Wildman–Crippen MR) is 236 cm³/mol. The number of hydrogen-bond donors (Lipinski definition) is 0. The number of nitro benzene ring substituents is 3. The molecule has 67 heavy (non-hydrogen) atoms. The Morgan fingerprint density at radius 2 is 1.21 bits per heavy atom. The van der Waals surface area contributed by atoms with Crippen molar-refractivity contribution in [1.82, 2.24) is 9.80 Å². The molecule has 0 spiro atoms. The summed E-state index contributed by atoms with van der Waals surface area (Å²) in [5.74, 6) is -5.78. The quantitative estimate of drug-likeness (QED) is 0.0220. The first-order valence-corrected chi connectivity index (χ1v) is 21.2. The molecule has 1 saturated heterocycles. The second-order valence-corrected chi connectivity index (χ2v) is 16.6. The highest BCUT2D eigenvalue weighted by Crippen LogP contribution is 2.49. The Morgan fingerprint density at radius 3 is 1.70 bits per heavy atom. The molecule has 3 atom stereocenters. The molecule has 4 aromatic rings. The number of carbonyl (C=O) groups is 6. The Morgan fingerprint density at radius 1 is 0.716 bits per heavy atom. The van der Waals surface area contributed by atoms with Crippen LogP contribution in [0, 0.1) is 48.1 Å². The zero-order chi connectivity index (χ0) is 48.9. The van der Waals surface area contributed by atoms with Gasteiger partial charge in [0, 0.05) is 61.7 Å². The minimum atomic E-state index is -1.04. The van der Waals surface area contributed by atoms with Gasteiger partial charge in [0.15, 0.2) is 11.5 Å². The number of β-lactam (4-membered cyclic amide) rings is 1. The van der Waals surface area contributed by atoms with Crippen LogP contribution in [0.25, 0.3) is 0 Å². The Balaban J connectivity index is 1.11. The van der Waals surface area contributed by atoms with Gasteiger partial charge in [0.2, 0.25) is 5.91 Å². The second-order valence-electron chi connectivity index (χ2n) is 16.2. The summed E-state index contributed by atoms with van der Waals surface area (Å²) >= 11 is 6.74. The lowest BCUT2D eigenvalue weighted by Crippen LogP contribution is -2.62. The van der Waals surface area contributed by atoms with Gasteiger partial charge in [-0.25, -0.2) is 19.2 Å². The van der Waals surface area contributed by atoms with Gasteiger partial charge >= 0.3 is 23.9 Å². The van der Waals surface area contributed by atoms with Crippen LogP contribution in [0.2, 0.25) is 5.02 Å². The van der Waals surface area contributed by atoms with Crippen molar-refractivity contribution in [2.45, 2.75) is 52.5 Å². The highest BCUT2D eigenvalue weighted by Gasteiger charge is 2.59. The summed E-state index contributed by atoms with van der Waals surface area (Å²) in [4.78, 5) is 114. The fraction of sp³-hybridized carbons (Fsp3) is 0.304. The van der Waals surface area contributed by atoms with Gasteiger partial charge < -0.3 is 24.0 Å². The number of carbonyl (C=O) groups excluding carboxylic acids is 6. The number of fused-ring (bicyclic) bond motifs is 1. The molecule has 0 N–H and O–H groups in total. The zero-order valence-corrected chi connectivity index (χ0v) is 37.1. The number of aryl methyl sites for hydroxylation is 1. The standard InChI is InChI=1S/C46H42ClN5O15/c1-25(2)37-39-26(3)35(40(49(39)42(37)54)46(58)67-45(57)30-11-19-33(20-12-30)52(63)64)24-48(4)23-5-6-34(53)21-13-27-14-22-36(65-43(55)28-7-15-31(16-8-28)50(59)60)41(38(27)47)66-44(56)29-9-17-32(18-10-29)51(61)62/h7-12,14-20,22,25-26,37,39H,5-6,13,21,23-24H2,1-4H3/t26-,37+,39+/m0/s1. The van der Waals surface area contributed by atoms with Crippen LogP contribution in [0.15, 0.2) is 96.2 Å². The SMILES string of the molecule is CC(C)[C@H]1C(=O)N2C(C(=O)OC(=O)c3ccc([N+](=O)[O-])cc3)=C(CN(C)CCCC(=O)CCc3ccc(OC(=O)c4ccc([N+](=O)[O-])cc4)c(OC(=O)c4ccc([N+](=O)[O-])cc4)c3Cl)[C@H](C)[C@H]12. The summed E-state index contributed by atoms with van der Waals surface area (Å²) < 4.78 is 16.3. The summed E-state index contributed by atoms with van der Waals surface area (Å²) in [6.45, 7) is 6.31. The molecule has 0 saturated carbocycles. The summed E-state index contributed by atoms with van der Waals surface area (Å²) in [5, 5.41) is 33.1. The predicted octanol–water partition coefficient (Wildman–Crippen LogP) is 7.49. The fourth-order valence-electron chi connectivity index (χ4n) is 7.95. The number of non-ortho nitro benzene ring substituents is 3. The molecule has 0 radical (unpaired) electrons. The largest absolute Gasteiger partial charge is 0.419 e. The van der Waals surface area contributed by atoms with Crippen molar-refractivity contribution in [1.29, 1.82) is 0 Å². The van der Waals surface area contributed by atoms with Gasteiger partial charge in [-0.3, -0.25) is 39.9 Å². The van der Waals surface area contributed by atoms with Crippen molar-refractivity contribution in [3.8, 4) is 11.5 Å². The third-order valence-corrected chi connectivity index (χ3v) is 11.9. The van der Waals surface area contributed by atoms with Gasteiger partial charge in [0.05, 0.1) is 48.4 Å². The van der Waals surface area contributed by atoms with Crippen molar-refractivity contribution in [2.24, 2.45) is 17.8 Å². The lowest BCUT2D eigenvalue weighted by Gasteiger charge is -2.47.